The highest BCUT2D eigenvalue weighted by molar-refractivity contribution is 7.15. The molecule has 0 atom stereocenters. The minimum absolute atomic E-state index is 0.205. The van der Waals surface area contributed by atoms with Crippen LogP contribution in [-0.2, 0) is 14.3 Å². The molecule has 0 aliphatic carbocycles. The fourth-order valence-corrected chi connectivity index (χ4v) is 4.58. The van der Waals surface area contributed by atoms with Crippen molar-refractivity contribution in [2.24, 2.45) is 0 Å². The van der Waals surface area contributed by atoms with Gasteiger partial charge in [-0.2, -0.15) is 0 Å². The summed E-state index contributed by atoms with van der Waals surface area (Å²) in [5.74, 6) is -1.69. The summed E-state index contributed by atoms with van der Waals surface area (Å²) in [6.45, 7) is 3.46. The summed E-state index contributed by atoms with van der Waals surface area (Å²) in [5, 5.41) is 4.82. The molecule has 0 aliphatic heterocycles. The average Bonchev–Trinajstić information content (AvgIpc) is 3.32. The lowest BCUT2D eigenvalue weighted by molar-refractivity contribution is -0.119. The Hall–Kier alpha value is -4.23. The van der Waals surface area contributed by atoms with Crippen molar-refractivity contribution < 1.29 is 23.9 Å². The van der Waals surface area contributed by atoms with Crippen LogP contribution in [0.3, 0.4) is 0 Å². The summed E-state index contributed by atoms with van der Waals surface area (Å²) in [4.78, 5) is 37.7. The molecule has 4 aromatic rings. The van der Waals surface area contributed by atoms with Crippen molar-refractivity contribution in [2.45, 2.75) is 13.8 Å². The van der Waals surface area contributed by atoms with Crippen molar-refractivity contribution in [3.63, 3.8) is 0 Å². The summed E-state index contributed by atoms with van der Waals surface area (Å²) in [5.41, 5.74) is 5.31. The second kappa shape index (κ2) is 11.5. The molecule has 1 heterocycles. The summed E-state index contributed by atoms with van der Waals surface area (Å²) < 4.78 is 10.4. The molecule has 0 fully saturated rings. The van der Waals surface area contributed by atoms with Crippen molar-refractivity contribution in [1.29, 1.82) is 0 Å². The normalized spacial score (nSPS) is 10.5. The van der Waals surface area contributed by atoms with E-state index in [9.17, 15) is 14.4 Å². The van der Waals surface area contributed by atoms with Crippen molar-refractivity contribution >= 4 is 34.2 Å². The SMILES string of the molecule is CCOC(=O)c1c(-c2ccccc2)csc1NC(=O)COC(=O)c1ccc(-c2ccc(C)cc2)cc1. The molecule has 1 amide bonds. The third-order valence-electron chi connectivity index (χ3n) is 5.45. The van der Waals surface area contributed by atoms with Crippen LogP contribution in [0.5, 0.6) is 0 Å². The van der Waals surface area contributed by atoms with E-state index in [1.807, 2.05) is 73.7 Å². The zero-order chi connectivity index (χ0) is 25.5. The van der Waals surface area contributed by atoms with Gasteiger partial charge in [0.2, 0.25) is 0 Å². The van der Waals surface area contributed by atoms with Gasteiger partial charge in [0.25, 0.3) is 5.91 Å². The molecule has 182 valence electrons. The predicted molar refractivity (Wildman–Crippen MR) is 141 cm³/mol. The smallest absolute Gasteiger partial charge is 0.341 e. The number of aryl methyl sites for hydroxylation is 1. The Labute approximate surface area is 213 Å². The van der Waals surface area contributed by atoms with Gasteiger partial charge in [-0.15, -0.1) is 11.3 Å². The molecule has 0 unspecified atom stereocenters. The van der Waals surface area contributed by atoms with E-state index in [-0.39, 0.29) is 12.2 Å². The average molecular weight is 500 g/mol. The van der Waals surface area contributed by atoms with Crippen LogP contribution in [0.25, 0.3) is 22.3 Å². The Morgan fingerprint density at radius 2 is 1.42 bits per heavy atom. The van der Waals surface area contributed by atoms with Crippen LogP contribution >= 0.6 is 11.3 Å². The number of rotatable bonds is 8. The molecule has 0 saturated heterocycles. The second-order valence-electron chi connectivity index (χ2n) is 8.01. The van der Waals surface area contributed by atoms with Gasteiger partial charge in [0.05, 0.1) is 12.2 Å². The maximum atomic E-state index is 12.6. The Morgan fingerprint density at radius 3 is 2.06 bits per heavy atom. The number of ether oxygens (including phenoxy) is 2. The lowest BCUT2D eigenvalue weighted by Gasteiger charge is -2.09. The van der Waals surface area contributed by atoms with Gasteiger partial charge in [0.1, 0.15) is 10.6 Å². The fourth-order valence-electron chi connectivity index (χ4n) is 3.61. The van der Waals surface area contributed by atoms with Crippen LogP contribution in [0, 0.1) is 6.92 Å². The number of hydrogen-bond acceptors (Lipinski definition) is 6. The number of carbonyl (C=O) groups excluding carboxylic acids is 3. The number of nitrogens with one attached hydrogen (secondary N) is 1. The second-order valence-corrected chi connectivity index (χ2v) is 8.89. The Balaban J connectivity index is 1.41. The lowest BCUT2D eigenvalue weighted by atomic mass is 10.0. The number of anilines is 1. The Bertz CT molecular complexity index is 1360. The van der Waals surface area contributed by atoms with Crippen molar-refractivity contribution in [3.8, 4) is 22.3 Å². The van der Waals surface area contributed by atoms with Crippen molar-refractivity contribution in [2.75, 3.05) is 18.5 Å². The molecule has 0 spiro atoms. The standard InChI is InChI=1S/C29H25NO5S/c1-3-34-29(33)26-24(22-7-5-4-6-8-22)18-36-27(26)30-25(31)17-35-28(32)23-15-13-21(14-16-23)20-11-9-19(2)10-12-20/h4-16,18H,3,17H2,1-2H3,(H,30,31). The van der Waals surface area contributed by atoms with Crippen LogP contribution in [-0.4, -0.2) is 31.1 Å². The number of carbonyl (C=O) groups is 3. The summed E-state index contributed by atoms with van der Waals surface area (Å²) >= 11 is 1.21. The van der Waals surface area contributed by atoms with E-state index >= 15 is 0 Å². The highest BCUT2D eigenvalue weighted by Crippen LogP contribution is 2.36. The number of benzene rings is 3. The van der Waals surface area contributed by atoms with E-state index in [1.165, 1.54) is 16.9 Å². The molecule has 0 aliphatic rings. The molecule has 36 heavy (non-hydrogen) atoms. The predicted octanol–water partition coefficient (Wildman–Crippen LogP) is 6.36. The van der Waals surface area contributed by atoms with E-state index in [4.69, 9.17) is 9.47 Å². The van der Waals surface area contributed by atoms with E-state index in [2.05, 4.69) is 5.32 Å². The fraction of sp³-hybridized carbons (Fsp3) is 0.138. The van der Waals surface area contributed by atoms with E-state index < -0.39 is 24.5 Å². The highest BCUT2D eigenvalue weighted by Gasteiger charge is 2.23. The van der Waals surface area contributed by atoms with Gasteiger partial charge in [0, 0.05) is 10.9 Å². The van der Waals surface area contributed by atoms with Crippen LogP contribution in [0.1, 0.15) is 33.2 Å². The molecule has 6 nitrogen and oxygen atoms in total. The van der Waals surface area contributed by atoms with Gasteiger partial charge >= 0.3 is 11.9 Å². The first-order valence-corrected chi connectivity index (χ1v) is 12.3. The van der Waals surface area contributed by atoms with Gasteiger partial charge in [-0.1, -0.05) is 72.3 Å². The molecule has 0 saturated carbocycles. The number of amides is 1. The Morgan fingerprint density at radius 1 is 0.778 bits per heavy atom. The first kappa shape index (κ1) is 24.9. The molecule has 3 aromatic carbocycles. The molecule has 1 aromatic heterocycles. The summed E-state index contributed by atoms with van der Waals surface area (Å²) in [6.07, 6.45) is 0. The van der Waals surface area contributed by atoms with Crippen molar-refractivity contribution in [3.05, 3.63) is 101 Å². The van der Waals surface area contributed by atoms with Gasteiger partial charge in [-0.3, -0.25) is 4.79 Å². The summed E-state index contributed by atoms with van der Waals surface area (Å²) in [7, 11) is 0. The van der Waals surface area contributed by atoms with Crippen LogP contribution in [0.4, 0.5) is 5.00 Å². The maximum absolute atomic E-state index is 12.6. The molecule has 0 bridgehead atoms. The van der Waals surface area contributed by atoms with Crippen LogP contribution in [0.2, 0.25) is 0 Å². The van der Waals surface area contributed by atoms with Gasteiger partial charge in [-0.05, 0) is 42.7 Å². The Kier molecular flexibility index (Phi) is 7.92. The zero-order valence-corrected chi connectivity index (χ0v) is 20.8. The third kappa shape index (κ3) is 5.87. The number of thiophene rings is 1. The largest absolute Gasteiger partial charge is 0.462 e. The molecule has 7 heteroatoms. The molecule has 1 N–H and O–H groups in total. The third-order valence-corrected chi connectivity index (χ3v) is 6.34. The topological polar surface area (TPSA) is 81.7 Å². The van der Waals surface area contributed by atoms with Gasteiger partial charge < -0.3 is 14.8 Å². The molecular weight excluding hydrogens is 474 g/mol. The van der Waals surface area contributed by atoms with E-state index in [0.29, 0.717) is 16.1 Å². The van der Waals surface area contributed by atoms with Crippen LogP contribution in [0.15, 0.2) is 84.2 Å². The summed E-state index contributed by atoms with van der Waals surface area (Å²) in [6, 6.07) is 24.5. The minimum Gasteiger partial charge on any atom is -0.462 e. The first-order valence-electron chi connectivity index (χ1n) is 11.4. The number of hydrogen-bond donors (Lipinski definition) is 1. The lowest BCUT2D eigenvalue weighted by Crippen LogP contribution is -2.21. The first-order chi connectivity index (χ1) is 17.5. The minimum atomic E-state index is -0.609. The molecule has 0 radical (unpaired) electrons. The molecule has 4 rings (SSSR count). The highest BCUT2D eigenvalue weighted by atomic mass is 32.1. The quantitative estimate of drug-likeness (QED) is 0.285. The van der Waals surface area contributed by atoms with E-state index in [1.54, 1.807) is 24.4 Å². The van der Waals surface area contributed by atoms with Gasteiger partial charge in [-0.25, -0.2) is 9.59 Å². The van der Waals surface area contributed by atoms with Crippen molar-refractivity contribution in [1.82, 2.24) is 0 Å². The molecular formula is C29H25NO5S. The van der Waals surface area contributed by atoms with Crippen LogP contribution < -0.4 is 5.32 Å². The van der Waals surface area contributed by atoms with Gasteiger partial charge in [0.15, 0.2) is 6.61 Å². The number of esters is 2. The van der Waals surface area contributed by atoms with E-state index in [0.717, 1.165) is 16.7 Å². The zero-order valence-electron chi connectivity index (χ0n) is 19.9. The maximum Gasteiger partial charge on any atom is 0.341 e. The monoisotopic (exact) mass is 499 g/mol.